The van der Waals surface area contributed by atoms with Crippen LogP contribution in [0.15, 0.2) is 160 Å². The number of Topliss-reactive ketones (excluding diaryl/α,β-unsaturated/α-hetero) is 1. The first-order valence-electron chi connectivity index (χ1n) is 42.6. The molecule has 5 atom stereocenters. The molecule has 50 nitrogen and oxygen atoms in total. The third-order valence-corrected chi connectivity index (χ3v) is 29.1. The molecule has 5 unspecified atom stereocenters. The number of nitrogens with one attached hydrogen (secondary N) is 1. The third kappa shape index (κ3) is 84.4. The fourth-order valence-electron chi connectivity index (χ4n) is 11.4. The van der Waals surface area contributed by atoms with E-state index < -0.39 is 185 Å². The van der Waals surface area contributed by atoms with Gasteiger partial charge in [0, 0.05) is 18.6 Å². The molecule has 0 spiro atoms. The molecule has 6 rings (SSSR count). The maximum Gasteiger partial charge on any atom is 0.373 e. The molecule has 2 fully saturated rings. The van der Waals surface area contributed by atoms with Gasteiger partial charge in [0.1, 0.15) is 5.78 Å². The Balaban J connectivity index is -0.000000243. The summed E-state index contributed by atoms with van der Waals surface area (Å²) < 4.78 is 364. The number of hydrogen-bond acceptors (Lipinski definition) is 37. The first-order chi connectivity index (χ1) is 66.4. The van der Waals surface area contributed by atoms with Gasteiger partial charge in [0.15, 0.2) is 5.25 Å². The molecular formula is C85H137NO49S12. The van der Waals surface area contributed by atoms with Crippen molar-refractivity contribution in [2.45, 2.75) is 224 Å². The van der Waals surface area contributed by atoms with E-state index in [9.17, 15) is 130 Å². The van der Waals surface area contributed by atoms with Crippen LogP contribution in [-0.2, 0) is 179 Å². The summed E-state index contributed by atoms with van der Waals surface area (Å²) in [5.41, 5.74) is 2.00. The van der Waals surface area contributed by atoms with E-state index in [1.807, 2.05) is 41.5 Å². The van der Waals surface area contributed by atoms with Gasteiger partial charge >= 0.3 is 30.2 Å². The third-order valence-electron chi connectivity index (χ3n) is 18.9. The predicted molar refractivity (Wildman–Crippen MR) is 536 cm³/mol. The summed E-state index contributed by atoms with van der Waals surface area (Å²) >= 11 is 0. The zero-order valence-electron chi connectivity index (χ0n) is 83.4. The number of ether oxygens (including phenoxy) is 3. The second-order valence-electron chi connectivity index (χ2n) is 32.3. The second-order valence-corrected chi connectivity index (χ2v) is 50.2. The Hall–Kier alpha value is -8.97. The van der Waals surface area contributed by atoms with E-state index in [1.54, 1.807) is 75.4 Å². The van der Waals surface area contributed by atoms with Crippen LogP contribution in [0.2, 0.25) is 0 Å². The lowest BCUT2D eigenvalue weighted by atomic mass is 9.70. The number of carbonyl (C=O) groups is 5. The van der Waals surface area contributed by atoms with Crippen molar-refractivity contribution < 1.29 is 218 Å². The van der Waals surface area contributed by atoms with Gasteiger partial charge in [-0.05, 0) is 183 Å². The smallest absolute Gasteiger partial charge is 0.373 e. The highest BCUT2D eigenvalue weighted by atomic mass is 32.3. The molecule has 0 aliphatic heterocycles. The van der Waals surface area contributed by atoms with Crippen molar-refractivity contribution in [3.63, 3.8) is 0 Å². The average Bonchev–Trinajstić information content (AvgIpc) is 1.55. The van der Waals surface area contributed by atoms with Gasteiger partial charge in [0.2, 0.25) is 5.91 Å². The Bertz CT molecular complexity index is 6320. The minimum absolute atomic E-state index is 0.0116. The summed E-state index contributed by atoms with van der Waals surface area (Å²) in [5.74, 6) is -4.61. The molecule has 848 valence electrons. The van der Waals surface area contributed by atoms with Crippen LogP contribution in [0.5, 0.6) is 0 Å². The molecule has 0 radical (unpaired) electrons. The van der Waals surface area contributed by atoms with E-state index in [0.717, 1.165) is 86.6 Å². The highest BCUT2D eigenvalue weighted by Crippen LogP contribution is 2.64. The fraction of sp³-hybridized carbons (Fsp3) is 0.541. The molecule has 2 aliphatic carbocycles. The van der Waals surface area contributed by atoms with E-state index >= 15 is 0 Å². The van der Waals surface area contributed by atoms with Crippen molar-refractivity contribution in [2.24, 2.45) is 28.6 Å². The number of ketones is 1. The molecule has 62 heteroatoms. The zero-order valence-corrected chi connectivity index (χ0v) is 93.2. The number of hydrogen-bond donors (Lipinski definition) is 14. The van der Waals surface area contributed by atoms with E-state index in [-0.39, 0.29) is 123 Å². The van der Waals surface area contributed by atoms with Crippen molar-refractivity contribution in [3.8, 4) is 0 Å². The summed E-state index contributed by atoms with van der Waals surface area (Å²) in [6.07, 6.45) is 11.5. The minimum atomic E-state index is -4.76. The van der Waals surface area contributed by atoms with Gasteiger partial charge in [0.25, 0.3) is 121 Å². The molecule has 0 heterocycles. The van der Waals surface area contributed by atoms with Crippen molar-refractivity contribution in [2.75, 3.05) is 60.9 Å². The predicted octanol–water partition coefficient (Wildman–Crippen LogP) is 9.10. The summed E-state index contributed by atoms with van der Waals surface area (Å²) in [6, 6.07) is 23.1. The van der Waals surface area contributed by atoms with Crippen molar-refractivity contribution in [3.05, 3.63) is 168 Å². The Kier molecular flexibility index (Phi) is 76.4. The fourth-order valence-corrected chi connectivity index (χ4v) is 18.1. The SMILES string of the molecule is C=C(C)C(=O)OCCCS(=O)(=O)O.C=CC(=O)NC(C)(C)CS(=O)(=O)O.C=CCS(=O)(=O)O.C=CS(=O)(=O)O.CC1(C)C2CCC1(CS(=O)(=O)O)C(=O)C2.CCCCC(CC)COC(=O)CC(C(=O)OCC(CC)CCCC)S(=O)(=O)O.CCS(=O)(=O)O.Cc1ccc(C)c(S(=O)(=O)O)c1.Cc1ccc(S(=O)(=O)O)c(C)c1.Cc1ccc(S(=O)(=O)O)cc1.O=C=O.O=C=O.O=S(=O)(O)CCCO.O=S(=O)(O)c1ccccc1. The van der Waals surface area contributed by atoms with Crippen LogP contribution in [0, 0.1) is 63.2 Å². The number of aliphatic hydroxyl groups excluding tert-OH is 1. The largest absolute Gasteiger partial charge is 0.465 e. The van der Waals surface area contributed by atoms with E-state index in [0.29, 0.717) is 29.4 Å². The normalized spacial score (nSPS) is 14.5. The van der Waals surface area contributed by atoms with Gasteiger partial charge in [0.05, 0.1) is 96.7 Å². The van der Waals surface area contributed by atoms with Crippen LogP contribution in [-0.4, -0.2) is 274 Å². The van der Waals surface area contributed by atoms with Crippen LogP contribution >= 0.6 is 0 Å². The topological polar surface area (TPSA) is 866 Å². The Morgan fingerprint density at radius 3 is 1.22 bits per heavy atom. The van der Waals surface area contributed by atoms with E-state index in [1.165, 1.54) is 64.1 Å². The molecule has 2 aliphatic rings. The van der Waals surface area contributed by atoms with Gasteiger partial charge < -0.3 is 24.6 Å². The van der Waals surface area contributed by atoms with E-state index in [4.69, 9.17) is 83.8 Å². The molecule has 147 heavy (non-hydrogen) atoms. The standard InChI is InChI=1S/C20H38O7S.C10H16O4S.2C8H10O3S.C7H13NO4S.C7H12O5S.C7H8O3S.C6H6O3S.C3H8O4S.C3H6O3S.C2H6O3S.C2H4O3S.2CO2/c1-5-9-11-16(7-3)14-26-19(21)13-18(28(23,24)25)20(22)27-15-17(8-4)12-10-6-2;1-9(2)7-3-4-10(9,8(11)5-7)6-15(12,13)14;1-6-3-4-8(7(2)5-6)12(9,10)11;1-6-3-4-7(2)8(5-6)12(9,10)11;1-4-6(9)8-7(2,3)5-13(10,11)12;1-6(2)7(8)12-4-3-5-13(9,10)11;1-6-2-4-7(5-3-6)11(8,9)10;7-10(8,9)6-4-2-1-3-5-6;4-2-1-3-8(5,6)7;1-2-3-7(4,5)6;2*1-2-6(3,4)5;2*2-1-3/h16-18H,5-15H2,1-4H3,(H,23,24,25);7H,3-6H2,1-2H3,(H,12,13,14);2*3-5H,1-2H3,(H,9,10,11);4H,1,5H2,2-3H3,(H,8,9)(H,10,11,12);1,3-5H2,2H3,(H,9,10,11);2-5H,1H3,(H,8,9,10);1-5H,(H,7,8,9);4H,1-3H2,(H,5,6,7);2H,1,3H2,(H,4,5,6);2H2,1H3,(H,3,4,5);2H,1H2,(H,3,4,5);;. The van der Waals surface area contributed by atoms with Crippen LogP contribution in [0.25, 0.3) is 0 Å². The molecule has 0 saturated heterocycles. The van der Waals surface area contributed by atoms with Crippen LogP contribution in [0.3, 0.4) is 0 Å². The van der Waals surface area contributed by atoms with Crippen molar-refractivity contribution in [1.29, 1.82) is 0 Å². The van der Waals surface area contributed by atoms with Gasteiger partial charge in [-0.2, -0.15) is 120 Å². The lowest BCUT2D eigenvalue weighted by Crippen LogP contribution is -2.47. The quantitative estimate of drug-likeness (QED) is 0.00496. The van der Waals surface area contributed by atoms with Crippen LogP contribution < -0.4 is 5.32 Å². The van der Waals surface area contributed by atoms with Gasteiger partial charge in [-0.15, -0.1) is 6.58 Å². The Morgan fingerprint density at radius 1 is 0.517 bits per heavy atom. The number of aryl methyl sites for hydroxylation is 5. The first kappa shape index (κ1) is 153. The van der Waals surface area contributed by atoms with Crippen LogP contribution in [0.4, 0.5) is 0 Å². The highest BCUT2D eigenvalue weighted by Gasteiger charge is 2.65. The lowest BCUT2D eigenvalue weighted by Gasteiger charge is -2.35. The molecule has 4 aromatic rings. The highest BCUT2D eigenvalue weighted by molar-refractivity contribution is 7.89. The minimum Gasteiger partial charge on any atom is -0.465 e. The lowest BCUT2D eigenvalue weighted by molar-refractivity contribution is -0.193. The number of carbonyl (C=O) groups excluding carboxylic acids is 9. The summed E-state index contributed by atoms with van der Waals surface area (Å²) in [4.78, 5) is 90.0. The second kappa shape index (κ2) is 73.3. The van der Waals surface area contributed by atoms with Crippen molar-refractivity contribution >= 4 is 163 Å². The van der Waals surface area contributed by atoms with Crippen molar-refractivity contribution in [1.82, 2.24) is 5.32 Å². The van der Waals surface area contributed by atoms with E-state index in [2.05, 4.69) is 50.2 Å². The van der Waals surface area contributed by atoms with Crippen LogP contribution in [0.1, 0.15) is 187 Å². The maximum absolute atomic E-state index is 12.2. The number of aliphatic hydroxyl groups is 1. The number of rotatable bonds is 38. The molecule has 14 N–H and O–H groups in total. The number of unbranched alkanes of at least 4 members (excludes halogenated alkanes) is 2. The average molecular weight is 2340 g/mol. The molecular weight excluding hydrogens is 2200 g/mol. The molecule has 1 amide bonds. The molecule has 2 bridgehead atoms. The monoisotopic (exact) mass is 2340 g/mol. The number of amides is 1. The molecule has 4 aromatic carbocycles. The number of benzene rings is 4. The Morgan fingerprint density at radius 2 is 0.925 bits per heavy atom. The maximum atomic E-state index is 12.2. The van der Waals surface area contributed by atoms with Gasteiger partial charge in [-0.3, -0.25) is 73.8 Å². The Labute approximate surface area is 862 Å². The summed E-state index contributed by atoms with van der Waals surface area (Å²) in [6.45, 7) is 39.1. The van der Waals surface area contributed by atoms with Gasteiger partial charge in [-0.25, -0.2) is 4.79 Å². The zero-order chi connectivity index (χ0) is 117. The summed E-state index contributed by atoms with van der Waals surface area (Å²) in [5, 5.41) is 8.94. The summed E-state index contributed by atoms with van der Waals surface area (Å²) in [7, 11) is -48.2. The van der Waals surface area contributed by atoms with Gasteiger partial charge in [-0.1, -0.05) is 172 Å². The number of esters is 3. The first-order valence-corrected chi connectivity index (χ1v) is 61.1. The molecule has 0 aromatic heterocycles. The molecule has 2 saturated carbocycles. The number of fused-ring (bicyclic) bond motifs is 2.